The van der Waals surface area contributed by atoms with Crippen LogP contribution in [-0.4, -0.2) is 70.7 Å². The Hall–Kier alpha value is -3.18. The van der Waals surface area contributed by atoms with Crippen LogP contribution in [0, 0.1) is 0 Å². The zero-order valence-electron chi connectivity index (χ0n) is 18.5. The van der Waals surface area contributed by atoms with E-state index in [1.165, 1.54) is 0 Å². The van der Waals surface area contributed by atoms with Gasteiger partial charge in [-0.25, -0.2) is 22.5 Å². The predicted octanol–water partition coefficient (Wildman–Crippen LogP) is 2.27. The number of nitrogens with one attached hydrogen (secondary N) is 1. The molecule has 0 radical (unpaired) electrons. The van der Waals surface area contributed by atoms with Crippen molar-refractivity contribution < 1.29 is 13.2 Å². The largest absolute Gasteiger partial charge is 0.377 e. The third kappa shape index (κ3) is 3.17. The quantitative estimate of drug-likeness (QED) is 0.476. The molecule has 1 saturated carbocycles. The van der Waals surface area contributed by atoms with Crippen molar-refractivity contribution >= 4 is 38.2 Å². The Bertz CT molecular complexity index is 1470. The van der Waals surface area contributed by atoms with E-state index in [0.29, 0.717) is 55.8 Å². The Morgan fingerprint density at radius 1 is 1.09 bits per heavy atom. The van der Waals surface area contributed by atoms with E-state index in [4.69, 9.17) is 14.8 Å². The molecule has 1 atom stereocenters. The highest BCUT2D eigenvalue weighted by molar-refractivity contribution is 7.92. The number of para-hydroxylation sites is 2. The predicted molar refractivity (Wildman–Crippen MR) is 125 cm³/mol. The van der Waals surface area contributed by atoms with Crippen LogP contribution in [0.1, 0.15) is 19.8 Å². The molecule has 0 amide bonds. The maximum absolute atomic E-state index is 13.2. The van der Waals surface area contributed by atoms with Gasteiger partial charge in [0.2, 0.25) is 5.95 Å². The molecule has 0 unspecified atom stereocenters. The fourth-order valence-electron chi connectivity index (χ4n) is 4.45. The smallest absolute Gasteiger partial charge is 0.257 e. The summed E-state index contributed by atoms with van der Waals surface area (Å²) in [5, 5.41) is 7.74. The van der Waals surface area contributed by atoms with Gasteiger partial charge in [-0.1, -0.05) is 12.1 Å². The molecule has 1 aliphatic heterocycles. The molecule has 1 aromatic carbocycles. The van der Waals surface area contributed by atoms with Crippen LogP contribution < -0.4 is 10.2 Å². The van der Waals surface area contributed by atoms with Gasteiger partial charge in [0.05, 0.1) is 35.5 Å². The van der Waals surface area contributed by atoms with E-state index in [2.05, 4.69) is 22.1 Å². The van der Waals surface area contributed by atoms with Crippen molar-refractivity contribution in [2.24, 2.45) is 0 Å². The first-order valence-electron chi connectivity index (χ1n) is 11.1. The number of morpholine rings is 1. The first-order valence-corrected chi connectivity index (χ1v) is 12.7. The number of fused-ring (bicyclic) bond motifs is 2. The number of rotatable bonds is 5. The van der Waals surface area contributed by atoms with Gasteiger partial charge in [0, 0.05) is 13.6 Å². The summed E-state index contributed by atoms with van der Waals surface area (Å²) in [6.07, 6.45) is 1.38. The number of anilines is 2. The molecule has 33 heavy (non-hydrogen) atoms. The minimum absolute atomic E-state index is 0.0898. The van der Waals surface area contributed by atoms with Crippen molar-refractivity contribution in [3.8, 4) is 5.95 Å². The number of sulfone groups is 1. The molecule has 3 aromatic heterocycles. The maximum atomic E-state index is 13.2. The lowest BCUT2D eigenvalue weighted by Crippen LogP contribution is -2.44. The molecular formula is C22H25N7O3S. The van der Waals surface area contributed by atoms with Crippen LogP contribution in [0.4, 0.5) is 11.8 Å². The Morgan fingerprint density at radius 2 is 1.91 bits per heavy atom. The number of hydrogen-bond donors (Lipinski definition) is 1. The summed E-state index contributed by atoms with van der Waals surface area (Å²) in [7, 11) is -1.67. The minimum atomic E-state index is -3.46. The number of benzene rings is 1. The fraction of sp³-hybridized carbons (Fsp3) is 0.409. The molecule has 0 spiro atoms. The molecule has 11 heteroatoms. The molecule has 2 aliphatic rings. The molecule has 10 nitrogen and oxygen atoms in total. The van der Waals surface area contributed by atoms with Gasteiger partial charge in [-0.3, -0.25) is 0 Å². The van der Waals surface area contributed by atoms with Crippen molar-refractivity contribution in [1.29, 1.82) is 0 Å². The second-order valence-electron chi connectivity index (χ2n) is 8.58. The molecule has 4 heterocycles. The number of nitrogens with zero attached hydrogens (tertiary/aromatic N) is 6. The highest BCUT2D eigenvalue weighted by atomic mass is 32.2. The van der Waals surface area contributed by atoms with Gasteiger partial charge in [0.25, 0.3) is 5.95 Å². The second kappa shape index (κ2) is 7.42. The van der Waals surface area contributed by atoms with Crippen molar-refractivity contribution in [3.63, 3.8) is 0 Å². The van der Waals surface area contributed by atoms with Gasteiger partial charge in [-0.15, -0.1) is 5.10 Å². The molecule has 6 rings (SSSR count). The highest BCUT2D eigenvalue weighted by Crippen LogP contribution is 2.36. The Labute approximate surface area is 191 Å². The standard InChI is InChI=1S/C22H25N7O3S/c1-14-13-32-12-11-27(14)20-18-9-10-19(33(30,31)15-7-8-15)29(18)26-22(25-20)28-17-6-4-3-5-16(17)24-21(28)23-2/h3-6,9-10,14-15H,7-8,11-13H2,1-2H3,(H,23,24)/t14-/m1/s1. The summed E-state index contributed by atoms with van der Waals surface area (Å²) in [6.45, 7) is 3.90. The average molecular weight is 468 g/mol. The van der Waals surface area contributed by atoms with Crippen LogP contribution in [0.15, 0.2) is 41.4 Å². The third-order valence-corrected chi connectivity index (χ3v) is 8.57. The molecule has 1 N–H and O–H groups in total. The van der Waals surface area contributed by atoms with E-state index in [0.717, 1.165) is 11.0 Å². The van der Waals surface area contributed by atoms with Crippen LogP contribution in [0.25, 0.3) is 22.5 Å². The lowest BCUT2D eigenvalue weighted by atomic mass is 10.2. The van der Waals surface area contributed by atoms with E-state index in [-0.39, 0.29) is 16.3 Å². The topological polar surface area (TPSA) is 107 Å². The van der Waals surface area contributed by atoms with E-state index in [1.807, 2.05) is 34.9 Å². The average Bonchev–Trinajstić information content (AvgIpc) is 3.49. The first kappa shape index (κ1) is 20.4. The lowest BCUT2D eigenvalue weighted by molar-refractivity contribution is 0.0986. The Balaban J connectivity index is 1.65. The molecule has 0 bridgehead atoms. The minimum Gasteiger partial charge on any atom is -0.377 e. The summed E-state index contributed by atoms with van der Waals surface area (Å²) < 4.78 is 35.4. The number of imidazole rings is 1. The van der Waals surface area contributed by atoms with Gasteiger partial charge < -0.3 is 15.0 Å². The van der Waals surface area contributed by atoms with Gasteiger partial charge >= 0.3 is 0 Å². The zero-order valence-corrected chi connectivity index (χ0v) is 19.3. The summed E-state index contributed by atoms with van der Waals surface area (Å²) in [6, 6.07) is 11.3. The van der Waals surface area contributed by atoms with E-state index in [1.54, 1.807) is 17.6 Å². The van der Waals surface area contributed by atoms with Crippen molar-refractivity contribution in [1.82, 2.24) is 24.1 Å². The van der Waals surface area contributed by atoms with E-state index < -0.39 is 9.84 Å². The van der Waals surface area contributed by atoms with E-state index in [9.17, 15) is 8.42 Å². The highest BCUT2D eigenvalue weighted by Gasteiger charge is 2.39. The van der Waals surface area contributed by atoms with Gasteiger partial charge in [-0.2, -0.15) is 4.98 Å². The third-order valence-electron chi connectivity index (χ3n) is 6.32. The Morgan fingerprint density at radius 3 is 2.67 bits per heavy atom. The summed E-state index contributed by atoms with van der Waals surface area (Å²) in [5.41, 5.74) is 2.30. The number of hydrogen-bond acceptors (Lipinski definition) is 8. The van der Waals surface area contributed by atoms with Crippen LogP contribution in [0.2, 0.25) is 0 Å². The van der Waals surface area contributed by atoms with Crippen molar-refractivity contribution in [2.45, 2.75) is 36.1 Å². The summed E-state index contributed by atoms with van der Waals surface area (Å²) in [5.74, 6) is 1.63. The monoisotopic (exact) mass is 467 g/mol. The van der Waals surface area contributed by atoms with Crippen LogP contribution in [-0.2, 0) is 14.6 Å². The van der Waals surface area contributed by atoms with Gasteiger partial charge in [0.15, 0.2) is 20.7 Å². The molecule has 1 saturated heterocycles. The number of ether oxygens (including phenoxy) is 1. The van der Waals surface area contributed by atoms with Gasteiger partial charge in [0.1, 0.15) is 5.52 Å². The maximum Gasteiger partial charge on any atom is 0.257 e. The molecule has 172 valence electrons. The molecular weight excluding hydrogens is 442 g/mol. The van der Waals surface area contributed by atoms with Crippen LogP contribution >= 0.6 is 0 Å². The fourth-order valence-corrected chi connectivity index (χ4v) is 6.19. The number of aromatic nitrogens is 5. The van der Waals surface area contributed by atoms with Crippen LogP contribution in [0.5, 0.6) is 0 Å². The van der Waals surface area contributed by atoms with Crippen molar-refractivity contribution in [2.75, 3.05) is 37.0 Å². The SMILES string of the molecule is CNc1nc2ccccc2n1-c1nc(N2CCOC[C@H]2C)c2ccc(S(=O)(=O)C3CC3)n2n1. The Kier molecular flexibility index (Phi) is 4.59. The molecule has 4 aromatic rings. The molecule has 2 fully saturated rings. The zero-order chi connectivity index (χ0) is 22.7. The van der Waals surface area contributed by atoms with Gasteiger partial charge in [-0.05, 0) is 44.0 Å². The lowest BCUT2D eigenvalue weighted by Gasteiger charge is -2.34. The molecule has 1 aliphatic carbocycles. The first-order chi connectivity index (χ1) is 16.0. The van der Waals surface area contributed by atoms with Crippen molar-refractivity contribution in [3.05, 3.63) is 36.4 Å². The van der Waals surface area contributed by atoms with Crippen LogP contribution in [0.3, 0.4) is 0 Å². The van der Waals surface area contributed by atoms with E-state index >= 15 is 0 Å². The second-order valence-corrected chi connectivity index (χ2v) is 10.8. The normalized spacial score (nSPS) is 19.5. The summed E-state index contributed by atoms with van der Waals surface area (Å²) in [4.78, 5) is 11.8. The summed E-state index contributed by atoms with van der Waals surface area (Å²) >= 11 is 0.